The van der Waals surface area contributed by atoms with E-state index in [1.54, 1.807) is 0 Å². The van der Waals surface area contributed by atoms with E-state index in [2.05, 4.69) is 89.6 Å². The van der Waals surface area contributed by atoms with Crippen LogP contribution in [0.2, 0.25) is 0 Å². The summed E-state index contributed by atoms with van der Waals surface area (Å²) in [7, 11) is 0. The maximum absolute atomic E-state index is 4.96. The van der Waals surface area contributed by atoms with E-state index >= 15 is 0 Å². The van der Waals surface area contributed by atoms with E-state index in [1.165, 1.54) is 27.9 Å². The Bertz CT molecular complexity index is 974. The molecule has 3 aromatic rings. The number of rotatable bonds is 1. The number of para-hydroxylation sites is 2. The largest absolute Gasteiger partial charge is 0.304 e. The first-order valence-electron chi connectivity index (χ1n) is 8.21. The lowest BCUT2D eigenvalue weighted by Crippen LogP contribution is -2.34. The Balaban J connectivity index is 1.71. The van der Waals surface area contributed by atoms with E-state index in [9.17, 15) is 0 Å². The molecule has 116 valence electrons. The Labute approximate surface area is 141 Å². The molecule has 0 aliphatic carbocycles. The Morgan fingerprint density at radius 1 is 0.708 bits per heavy atom. The number of anilines is 2. The second kappa shape index (κ2) is 4.96. The molecule has 5 rings (SSSR count). The lowest BCUT2D eigenvalue weighted by atomic mass is 9.93. The number of fused-ring (bicyclic) bond motifs is 6. The summed E-state index contributed by atoms with van der Waals surface area (Å²) in [5, 5.41) is 7.06. The number of aryl methyl sites for hydroxylation is 1. The van der Waals surface area contributed by atoms with Crippen molar-refractivity contribution in [2.45, 2.75) is 6.92 Å². The zero-order valence-electron chi connectivity index (χ0n) is 13.5. The molecule has 0 saturated heterocycles. The van der Waals surface area contributed by atoms with Crippen molar-refractivity contribution in [3.05, 3.63) is 83.9 Å². The maximum atomic E-state index is 4.96. The van der Waals surface area contributed by atoms with Gasteiger partial charge < -0.3 is 4.90 Å². The molecule has 3 aromatic carbocycles. The molecule has 0 N–H and O–H groups in total. The van der Waals surface area contributed by atoms with Gasteiger partial charge in [-0.2, -0.15) is 5.10 Å². The van der Waals surface area contributed by atoms with Gasteiger partial charge in [0.25, 0.3) is 0 Å². The quantitative estimate of drug-likeness (QED) is 0.653. The number of hydrogen-bond acceptors (Lipinski definition) is 3. The van der Waals surface area contributed by atoms with Gasteiger partial charge in [0.15, 0.2) is 5.84 Å². The summed E-state index contributed by atoms with van der Waals surface area (Å²) in [5.74, 6) is 1.03. The van der Waals surface area contributed by atoms with Crippen molar-refractivity contribution >= 4 is 17.2 Å². The van der Waals surface area contributed by atoms with Crippen molar-refractivity contribution in [2.24, 2.45) is 5.10 Å². The zero-order valence-corrected chi connectivity index (χ0v) is 13.5. The van der Waals surface area contributed by atoms with Gasteiger partial charge in [0.1, 0.15) is 6.67 Å². The fourth-order valence-corrected chi connectivity index (χ4v) is 3.62. The van der Waals surface area contributed by atoms with Crippen LogP contribution < -0.4 is 9.91 Å². The van der Waals surface area contributed by atoms with Crippen LogP contribution in [0.4, 0.5) is 11.4 Å². The second-order valence-corrected chi connectivity index (χ2v) is 6.24. The van der Waals surface area contributed by atoms with Crippen molar-refractivity contribution in [2.75, 3.05) is 16.6 Å². The third-order valence-corrected chi connectivity index (χ3v) is 4.79. The van der Waals surface area contributed by atoms with Crippen LogP contribution in [0.15, 0.2) is 77.9 Å². The predicted octanol–water partition coefficient (Wildman–Crippen LogP) is 4.62. The Hall–Kier alpha value is -3.07. The van der Waals surface area contributed by atoms with Crippen molar-refractivity contribution in [3.63, 3.8) is 0 Å². The SMILES string of the molecule is Cc1ccccc1N1CN2C(=N1)c1ccccc1-c1ccccc12. The second-order valence-electron chi connectivity index (χ2n) is 6.24. The number of nitrogens with zero attached hydrogens (tertiary/aromatic N) is 3. The fraction of sp³-hybridized carbons (Fsp3) is 0.0952. The van der Waals surface area contributed by atoms with Gasteiger partial charge in [0.2, 0.25) is 0 Å². The Morgan fingerprint density at radius 3 is 2.12 bits per heavy atom. The van der Waals surface area contributed by atoms with Crippen LogP contribution in [0.25, 0.3) is 11.1 Å². The number of hydrogen-bond donors (Lipinski definition) is 0. The van der Waals surface area contributed by atoms with Gasteiger partial charge in [0, 0.05) is 11.1 Å². The minimum atomic E-state index is 0.742. The first kappa shape index (κ1) is 13.4. The Kier molecular flexibility index (Phi) is 2.77. The first-order valence-corrected chi connectivity index (χ1v) is 8.21. The lowest BCUT2D eigenvalue weighted by molar-refractivity contribution is 0.907. The summed E-state index contributed by atoms with van der Waals surface area (Å²) in [5.41, 5.74) is 7.37. The molecule has 0 bridgehead atoms. The van der Waals surface area contributed by atoms with Gasteiger partial charge >= 0.3 is 0 Å². The van der Waals surface area contributed by atoms with E-state index in [4.69, 9.17) is 5.10 Å². The average molecular weight is 311 g/mol. The highest BCUT2D eigenvalue weighted by atomic mass is 15.6. The molecule has 0 spiro atoms. The summed E-state index contributed by atoms with van der Waals surface area (Å²) in [6, 6.07) is 25.5. The minimum Gasteiger partial charge on any atom is -0.304 e. The number of amidine groups is 1. The molecule has 0 fully saturated rings. The highest BCUT2D eigenvalue weighted by molar-refractivity contribution is 6.20. The van der Waals surface area contributed by atoms with E-state index < -0.39 is 0 Å². The van der Waals surface area contributed by atoms with E-state index in [1.807, 2.05) is 0 Å². The van der Waals surface area contributed by atoms with Crippen LogP contribution in [0.1, 0.15) is 11.1 Å². The lowest BCUT2D eigenvalue weighted by Gasteiger charge is -2.29. The predicted molar refractivity (Wildman–Crippen MR) is 99.4 cm³/mol. The molecule has 2 aliphatic heterocycles. The molecule has 0 saturated carbocycles. The van der Waals surface area contributed by atoms with E-state index in [0.29, 0.717) is 0 Å². The topological polar surface area (TPSA) is 18.8 Å². The highest BCUT2D eigenvalue weighted by Gasteiger charge is 2.33. The van der Waals surface area contributed by atoms with Crippen LogP contribution in [0, 0.1) is 6.92 Å². The zero-order chi connectivity index (χ0) is 16.1. The highest BCUT2D eigenvalue weighted by Crippen LogP contribution is 2.41. The van der Waals surface area contributed by atoms with Gasteiger partial charge in [-0.15, -0.1) is 0 Å². The Morgan fingerprint density at radius 2 is 1.33 bits per heavy atom. The van der Waals surface area contributed by atoms with Crippen LogP contribution >= 0.6 is 0 Å². The third kappa shape index (κ3) is 1.81. The van der Waals surface area contributed by atoms with Gasteiger partial charge in [-0.1, -0.05) is 60.7 Å². The molecule has 0 aromatic heterocycles. The van der Waals surface area contributed by atoms with Crippen molar-refractivity contribution in [3.8, 4) is 11.1 Å². The van der Waals surface area contributed by atoms with E-state index in [-0.39, 0.29) is 0 Å². The molecule has 0 amide bonds. The standard InChI is InChI=1S/C21H17N3/c1-15-8-2-6-12-19(15)24-14-23-20-13-7-5-10-17(20)16-9-3-4-11-18(16)21(23)22-24/h2-13H,14H2,1H3. The molecule has 3 nitrogen and oxygen atoms in total. The normalized spacial score (nSPS) is 14.8. The molecule has 0 unspecified atom stereocenters. The minimum absolute atomic E-state index is 0.742. The van der Waals surface area contributed by atoms with Crippen LogP contribution in [0.3, 0.4) is 0 Å². The molecule has 2 heterocycles. The molecule has 2 aliphatic rings. The van der Waals surface area contributed by atoms with Gasteiger partial charge in [0.05, 0.1) is 11.4 Å². The van der Waals surface area contributed by atoms with Crippen LogP contribution in [0.5, 0.6) is 0 Å². The summed E-state index contributed by atoms with van der Waals surface area (Å²) in [4.78, 5) is 2.31. The van der Waals surface area contributed by atoms with Gasteiger partial charge in [-0.25, -0.2) is 5.01 Å². The number of benzene rings is 3. The maximum Gasteiger partial charge on any atom is 0.163 e. The average Bonchev–Trinajstić information content (AvgIpc) is 3.08. The summed E-state index contributed by atoms with van der Waals surface area (Å²) in [6.07, 6.45) is 0. The molecule has 24 heavy (non-hydrogen) atoms. The van der Waals surface area contributed by atoms with Crippen LogP contribution in [-0.2, 0) is 0 Å². The smallest absolute Gasteiger partial charge is 0.163 e. The summed E-state index contributed by atoms with van der Waals surface area (Å²) < 4.78 is 0. The number of hydrazone groups is 1. The molecule has 3 heteroatoms. The first-order chi connectivity index (χ1) is 11.8. The van der Waals surface area contributed by atoms with E-state index in [0.717, 1.165) is 18.2 Å². The van der Waals surface area contributed by atoms with Gasteiger partial charge in [-0.3, -0.25) is 0 Å². The third-order valence-electron chi connectivity index (χ3n) is 4.79. The van der Waals surface area contributed by atoms with Crippen LogP contribution in [-0.4, -0.2) is 12.5 Å². The van der Waals surface area contributed by atoms with Gasteiger partial charge in [-0.05, 0) is 30.2 Å². The van der Waals surface area contributed by atoms with Crippen molar-refractivity contribution in [1.82, 2.24) is 0 Å². The molecule has 0 atom stereocenters. The monoisotopic (exact) mass is 311 g/mol. The summed E-state index contributed by atoms with van der Waals surface area (Å²) >= 11 is 0. The van der Waals surface area contributed by atoms with Crippen molar-refractivity contribution in [1.29, 1.82) is 0 Å². The summed E-state index contributed by atoms with van der Waals surface area (Å²) in [6.45, 7) is 2.88. The molecular weight excluding hydrogens is 294 g/mol. The fourth-order valence-electron chi connectivity index (χ4n) is 3.62. The molecule has 0 radical (unpaired) electrons. The van der Waals surface area contributed by atoms with Crippen molar-refractivity contribution < 1.29 is 0 Å². The molecular formula is C21H17N3.